The summed E-state index contributed by atoms with van der Waals surface area (Å²) < 4.78 is 13.2. The smallest absolute Gasteiger partial charge is 0.410 e. The number of likely N-dealkylation sites (tertiary alicyclic amines) is 1. The van der Waals surface area contributed by atoms with Crippen molar-refractivity contribution in [1.82, 2.24) is 24.4 Å². The Morgan fingerprint density at radius 1 is 1.10 bits per heavy atom. The van der Waals surface area contributed by atoms with Gasteiger partial charge in [-0.1, -0.05) is 36.4 Å². The molecule has 3 N–H and O–H groups in total. The molecule has 0 spiro atoms. The van der Waals surface area contributed by atoms with Gasteiger partial charge in [0.05, 0.1) is 17.0 Å². The van der Waals surface area contributed by atoms with Gasteiger partial charge in [-0.25, -0.2) is 14.8 Å². The van der Waals surface area contributed by atoms with E-state index in [0.717, 1.165) is 11.1 Å². The molecule has 6 rings (SSSR count). The van der Waals surface area contributed by atoms with Gasteiger partial charge in [-0.3, -0.25) is 10.1 Å². The Hall–Kier alpha value is -4.93. The van der Waals surface area contributed by atoms with E-state index < -0.39 is 11.5 Å². The molecule has 1 fully saturated rings. The van der Waals surface area contributed by atoms with Gasteiger partial charge in [0.1, 0.15) is 28.9 Å². The predicted molar refractivity (Wildman–Crippen MR) is 151 cm³/mol. The number of anilines is 2. The number of nitrogens with one attached hydrogen (secondary N) is 1. The van der Waals surface area contributed by atoms with Crippen molar-refractivity contribution in [3.05, 3.63) is 66.6 Å². The summed E-state index contributed by atoms with van der Waals surface area (Å²) in [6.07, 6.45) is 3.36. The number of rotatable bonds is 4. The molecule has 2 aromatic carbocycles. The SMILES string of the molecule is CC(C)(C)OC(=O)N1CC[C@@H](n2cc(C(=O)Nc3nc4cc(-c5ccccc5)ccc4o3)c3c(N)ncnc32)C1. The largest absolute Gasteiger partial charge is 0.444 e. The fourth-order valence-corrected chi connectivity index (χ4v) is 4.98. The van der Waals surface area contributed by atoms with Crippen LogP contribution in [-0.4, -0.2) is 55.1 Å². The van der Waals surface area contributed by atoms with Crippen molar-refractivity contribution in [2.75, 3.05) is 24.1 Å². The number of hydrogen-bond acceptors (Lipinski definition) is 8. The van der Waals surface area contributed by atoms with Gasteiger partial charge >= 0.3 is 12.1 Å². The Balaban J connectivity index is 1.27. The van der Waals surface area contributed by atoms with E-state index in [0.29, 0.717) is 41.6 Å². The van der Waals surface area contributed by atoms with E-state index in [1.54, 1.807) is 11.1 Å². The van der Waals surface area contributed by atoms with Crippen LogP contribution >= 0.6 is 0 Å². The summed E-state index contributed by atoms with van der Waals surface area (Å²) in [6.45, 7) is 6.44. The number of ether oxygens (including phenoxy) is 1. The highest BCUT2D eigenvalue weighted by atomic mass is 16.6. The van der Waals surface area contributed by atoms with Gasteiger partial charge in [0.25, 0.3) is 5.91 Å². The molecular formula is C29H29N7O4. The highest BCUT2D eigenvalue weighted by molar-refractivity contribution is 6.14. The molecule has 1 saturated heterocycles. The first kappa shape index (κ1) is 25.4. The van der Waals surface area contributed by atoms with E-state index in [9.17, 15) is 9.59 Å². The van der Waals surface area contributed by atoms with E-state index >= 15 is 0 Å². The number of nitrogen functional groups attached to an aromatic ring is 1. The van der Waals surface area contributed by atoms with Crippen LogP contribution in [0.1, 0.15) is 43.6 Å². The first-order valence-corrected chi connectivity index (χ1v) is 13.0. The molecule has 11 heteroatoms. The molecule has 0 saturated carbocycles. The highest BCUT2D eigenvalue weighted by Crippen LogP contribution is 2.32. The fourth-order valence-electron chi connectivity index (χ4n) is 4.98. The lowest BCUT2D eigenvalue weighted by atomic mass is 10.1. The number of aromatic nitrogens is 4. The Morgan fingerprint density at radius 3 is 2.67 bits per heavy atom. The van der Waals surface area contributed by atoms with Gasteiger partial charge in [0, 0.05) is 19.3 Å². The Labute approximate surface area is 230 Å². The lowest BCUT2D eigenvalue weighted by molar-refractivity contribution is 0.0289. The van der Waals surface area contributed by atoms with Crippen LogP contribution in [-0.2, 0) is 4.74 Å². The third-order valence-corrected chi connectivity index (χ3v) is 6.81. The minimum Gasteiger partial charge on any atom is -0.444 e. The molecular weight excluding hydrogens is 510 g/mol. The maximum atomic E-state index is 13.5. The number of nitrogens with zero attached hydrogens (tertiary/aromatic N) is 5. The maximum absolute atomic E-state index is 13.5. The summed E-state index contributed by atoms with van der Waals surface area (Å²) in [7, 11) is 0. The molecule has 0 radical (unpaired) electrons. The Kier molecular flexibility index (Phi) is 6.13. The zero-order valence-corrected chi connectivity index (χ0v) is 22.4. The first-order chi connectivity index (χ1) is 19.2. The molecule has 5 aromatic rings. The summed E-state index contributed by atoms with van der Waals surface area (Å²) in [5.41, 5.74) is 9.64. The highest BCUT2D eigenvalue weighted by Gasteiger charge is 2.33. The van der Waals surface area contributed by atoms with Crippen molar-refractivity contribution in [2.24, 2.45) is 0 Å². The topological polar surface area (TPSA) is 141 Å². The monoisotopic (exact) mass is 539 g/mol. The van der Waals surface area contributed by atoms with Gasteiger partial charge in [-0.15, -0.1) is 0 Å². The van der Waals surface area contributed by atoms with Gasteiger partial charge < -0.3 is 24.4 Å². The molecule has 1 atom stereocenters. The molecule has 1 aliphatic rings. The minimum atomic E-state index is -0.587. The van der Waals surface area contributed by atoms with Crippen molar-refractivity contribution in [2.45, 2.75) is 38.8 Å². The maximum Gasteiger partial charge on any atom is 0.410 e. The molecule has 0 unspecified atom stereocenters. The Bertz CT molecular complexity index is 1740. The molecule has 2 amide bonds. The van der Waals surface area contributed by atoms with Crippen LogP contribution in [0.3, 0.4) is 0 Å². The standard InChI is InChI=1S/C29H29N7O4/c1-29(2,3)40-28(38)35-12-11-19(14-35)36-15-20(23-24(30)31-16-32-25(23)36)26(37)34-27-33-21-13-18(9-10-22(21)39-27)17-7-5-4-6-8-17/h4-10,13,15-16,19H,11-12,14H2,1-3H3,(H2,30,31,32)(H,33,34,37)/t19-/m1/s1. The molecule has 0 aliphatic carbocycles. The summed E-state index contributed by atoms with van der Waals surface area (Å²) in [6, 6.07) is 15.6. The minimum absolute atomic E-state index is 0.0681. The Morgan fingerprint density at radius 2 is 1.90 bits per heavy atom. The predicted octanol–water partition coefficient (Wildman–Crippen LogP) is 5.26. The number of amides is 2. The third kappa shape index (κ3) is 4.81. The van der Waals surface area contributed by atoms with E-state index in [2.05, 4.69) is 20.3 Å². The number of fused-ring (bicyclic) bond motifs is 2. The van der Waals surface area contributed by atoms with E-state index in [-0.39, 0.29) is 29.5 Å². The molecule has 0 bridgehead atoms. The van der Waals surface area contributed by atoms with Crippen molar-refractivity contribution < 1.29 is 18.7 Å². The van der Waals surface area contributed by atoms with Crippen molar-refractivity contribution in [3.8, 4) is 11.1 Å². The van der Waals surface area contributed by atoms with Gasteiger partial charge in [0.2, 0.25) is 0 Å². The van der Waals surface area contributed by atoms with Crippen LogP contribution in [0.2, 0.25) is 0 Å². The quantitative estimate of drug-likeness (QED) is 0.315. The summed E-state index contributed by atoms with van der Waals surface area (Å²) in [5.74, 6) is -0.275. The second kappa shape index (κ2) is 9.67. The normalized spacial score (nSPS) is 15.6. The molecule has 11 nitrogen and oxygen atoms in total. The lowest BCUT2D eigenvalue weighted by Crippen LogP contribution is -2.35. The number of nitrogens with two attached hydrogens (primary N) is 1. The fraction of sp³-hybridized carbons (Fsp3) is 0.276. The number of carbonyl (C=O) groups excluding carboxylic acids is 2. The van der Waals surface area contributed by atoms with Crippen molar-refractivity contribution in [3.63, 3.8) is 0 Å². The third-order valence-electron chi connectivity index (χ3n) is 6.81. The second-order valence-corrected chi connectivity index (χ2v) is 10.8. The summed E-state index contributed by atoms with van der Waals surface area (Å²) >= 11 is 0. The molecule has 4 heterocycles. The van der Waals surface area contributed by atoms with E-state index in [4.69, 9.17) is 14.9 Å². The first-order valence-electron chi connectivity index (χ1n) is 13.0. The summed E-state index contributed by atoms with van der Waals surface area (Å²) in [4.78, 5) is 40.8. The number of benzene rings is 2. The van der Waals surface area contributed by atoms with Crippen LogP contribution in [0.5, 0.6) is 0 Å². The number of carbonyl (C=O) groups is 2. The van der Waals surface area contributed by atoms with E-state index in [1.807, 2.05) is 73.9 Å². The van der Waals surface area contributed by atoms with Crippen molar-refractivity contribution >= 4 is 46.0 Å². The molecule has 1 aliphatic heterocycles. The van der Waals surface area contributed by atoms with Gasteiger partial charge in [-0.2, -0.15) is 4.98 Å². The van der Waals surface area contributed by atoms with Crippen LogP contribution < -0.4 is 11.1 Å². The van der Waals surface area contributed by atoms with E-state index in [1.165, 1.54) is 6.33 Å². The average molecular weight is 540 g/mol. The van der Waals surface area contributed by atoms with Gasteiger partial charge in [0.15, 0.2) is 5.58 Å². The van der Waals surface area contributed by atoms with Crippen LogP contribution in [0.25, 0.3) is 33.3 Å². The van der Waals surface area contributed by atoms with Gasteiger partial charge in [-0.05, 0) is 50.5 Å². The van der Waals surface area contributed by atoms with Crippen LogP contribution in [0.15, 0.2) is 65.5 Å². The zero-order valence-electron chi connectivity index (χ0n) is 22.4. The molecule has 40 heavy (non-hydrogen) atoms. The van der Waals surface area contributed by atoms with Crippen LogP contribution in [0, 0.1) is 0 Å². The lowest BCUT2D eigenvalue weighted by Gasteiger charge is -2.24. The summed E-state index contributed by atoms with van der Waals surface area (Å²) in [5, 5.41) is 3.19. The zero-order chi connectivity index (χ0) is 28.0. The average Bonchev–Trinajstić information content (AvgIpc) is 3.64. The second-order valence-electron chi connectivity index (χ2n) is 10.8. The molecule has 3 aromatic heterocycles. The van der Waals surface area contributed by atoms with Crippen LogP contribution in [0.4, 0.5) is 16.6 Å². The number of hydrogen-bond donors (Lipinski definition) is 2. The van der Waals surface area contributed by atoms with Crippen molar-refractivity contribution in [1.29, 1.82) is 0 Å². The molecule has 204 valence electrons. The number of oxazole rings is 1.